The van der Waals surface area contributed by atoms with Crippen molar-refractivity contribution in [2.45, 2.75) is 46.1 Å². The summed E-state index contributed by atoms with van der Waals surface area (Å²) in [6.45, 7) is 6.25. The van der Waals surface area contributed by atoms with Crippen LogP contribution in [-0.2, 0) is 20.9 Å². The predicted octanol–water partition coefficient (Wildman–Crippen LogP) is 5.25. The van der Waals surface area contributed by atoms with Crippen LogP contribution < -0.4 is 0 Å². The number of hydrogen-bond acceptors (Lipinski definition) is 4. The zero-order valence-electron chi connectivity index (χ0n) is 17.7. The molecule has 1 fully saturated rings. The molecule has 0 aromatic heterocycles. The number of rotatable bonds is 4. The van der Waals surface area contributed by atoms with Gasteiger partial charge in [-0.05, 0) is 29.9 Å². The van der Waals surface area contributed by atoms with Crippen molar-refractivity contribution in [2.75, 3.05) is 0 Å². The van der Waals surface area contributed by atoms with Crippen LogP contribution >= 0.6 is 0 Å². The van der Waals surface area contributed by atoms with Crippen molar-refractivity contribution in [2.24, 2.45) is 16.3 Å². The minimum atomic E-state index is -0.400. The van der Waals surface area contributed by atoms with Crippen LogP contribution in [-0.4, -0.2) is 17.5 Å². The number of hydrogen-bond donors (Lipinski definition) is 0. The molecule has 2 aromatic carbocycles. The van der Waals surface area contributed by atoms with E-state index in [4.69, 9.17) is 9.73 Å². The molecular weight excluding hydrogens is 374 g/mol. The standard InChI is InChI=1S/C26H27NO3/c1-17-22(25(29)30-16-18-10-6-4-7-11-18)23(19-12-8-5-9-13-19)24-20(27-17)14-26(2,3)15-21(24)28/h4-13,23-24H,14-16H2,1-3H3. The van der Waals surface area contributed by atoms with E-state index < -0.39 is 11.9 Å². The minimum Gasteiger partial charge on any atom is -0.457 e. The number of carbonyl (C=O) groups excluding carboxylic acids is 2. The fourth-order valence-corrected chi connectivity index (χ4v) is 4.68. The molecule has 1 aliphatic heterocycles. The van der Waals surface area contributed by atoms with Crippen molar-refractivity contribution in [1.29, 1.82) is 0 Å². The predicted molar refractivity (Wildman–Crippen MR) is 117 cm³/mol. The lowest BCUT2D eigenvalue weighted by Gasteiger charge is -2.41. The molecule has 0 spiro atoms. The quantitative estimate of drug-likeness (QED) is 0.658. The van der Waals surface area contributed by atoms with Crippen molar-refractivity contribution < 1.29 is 14.3 Å². The molecule has 2 aliphatic rings. The molecule has 1 saturated carbocycles. The second-order valence-corrected chi connectivity index (χ2v) is 9.01. The minimum absolute atomic E-state index is 0.112. The lowest BCUT2D eigenvalue weighted by Crippen LogP contribution is -2.44. The molecule has 2 unspecified atom stereocenters. The Hall–Kier alpha value is -3.01. The smallest absolute Gasteiger partial charge is 0.336 e. The average molecular weight is 402 g/mol. The van der Waals surface area contributed by atoms with Gasteiger partial charge in [-0.2, -0.15) is 0 Å². The molecule has 0 bridgehead atoms. The first-order chi connectivity index (χ1) is 14.4. The van der Waals surface area contributed by atoms with Crippen LogP contribution in [0.3, 0.4) is 0 Å². The second-order valence-electron chi connectivity index (χ2n) is 9.01. The number of esters is 1. The Labute approximate surface area is 177 Å². The lowest BCUT2D eigenvalue weighted by molar-refractivity contribution is -0.140. The van der Waals surface area contributed by atoms with Crippen LogP contribution in [0.1, 0.15) is 50.7 Å². The van der Waals surface area contributed by atoms with E-state index in [1.165, 1.54) is 0 Å². The number of nitrogens with zero attached hydrogens (tertiary/aromatic N) is 1. The van der Waals surface area contributed by atoms with Crippen LogP contribution in [0.15, 0.2) is 76.9 Å². The molecular formula is C26H27NO3. The molecule has 0 radical (unpaired) electrons. The molecule has 1 aliphatic carbocycles. The molecule has 4 rings (SSSR count). The van der Waals surface area contributed by atoms with E-state index in [2.05, 4.69) is 13.8 Å². The fraction of sp³-hybridized carbons (Fsp3) is 0.346. The highest BCUT2D eigenvalue weighted by Crippen LogP contribution is 2.46. The van der Waals surface area contributed by atoms with Gasteiger partial charge in [0.05, 0.1) is 11.5 Å². The zero-order chi connectivity index (χ0) is 21.3. The summed E-state index contributed by atoms with van der Waals surface area (Å²) in [4.78, 5) is 31.2. The maximum absolute atomic E-state index is 13.2. The summed E-state index contributed by atoms with van der Waals surface area (Å²) in [5, 5.41) is 0. The highest BCUT2D eigenvalue weighted by Gasteiger charge is 2.47. The van der Waals surface area contributed by atoms with Gasteiger partial charge in [0, 0.05) is 23.7 Å². The Morgan fingerprint density at radius 2 is 1.63 bits per heavy atom. The molecule has 4 heteroatoms. The maximum atomic E-state index is 13.2. The molecule has 2 aromatic rings. The largest absolute Gasteiger partial charge is 0.457 e. The SMILES string of the molecule is CC1=C(C(=O)OCc2ccccc2)C(c2ccccc2)C2C(=O)CC(C)(C)CC2=N1. The topological polar surface area (TPSA) is 55.7 Å². The Bertz CT molecular complexity index is 1020. The summed E-state index contributed by atoms with van der Waals surface area (Å²) in [5.74, 6) is -1.00. The molecule has 0 N–H and O–H groups in total. The maximum Gasteiger partial charge on any atom is 0.336 e. The monoisotopic (exact) mass is 401 g/mol. The van der Waals surface area contributed by atoms with E-state index in [-0.39, 0.29) is 23.7 Å². The van der Waals surface area contributed by atoms with Crippen LogP contribution in [0.4, 0.5) is 0 Å². The first-order valence-electron chi connectivity index (χ1n) is 10.4. The van der Waals surface area contributed by atoms with E-state index in [9.17, 15) is 9.59 Å². The molecule has 0 amide bonds. The van der Waals surface area contributed by atoms with Gasteiger partial charge in [-0.1, -0.05) is 74.5 Å². The third-order valence-electron chi connectivity index (χ3n) is 5.96. The summed E-state index contributed by atoms with van der Waals surface area (Å²) in [5.41, 5.74) is 3.81. The molecule has 154 valence electrons. The van der Waals surface area contributed by atoms with E-state index in [1.54, 1.807) is 0 Å². The summed E-state index contributed by atoms with van der Waals surface area (Å²) in [6, 6.07) is 19.4. The number of ether oxygens (including phenoxy) is 1. The van der Waals surface area contributed by atoms with Crippen molar-refractivity contribution >= 4 is 17.5 Å². The summed E-state index contributed by atoms with van der Waals surface area (Å²) < 4.78 is 5.67. The molecule has 4 nitrogen and oxygen atoms in total. The summed E-state index contributed by atoms with van der Waals surface area (Å²) in [6.07, 6.45) is 1.25. The van der Waals surface area contributed by atoms with Crippen LogP contribution in [0.2, 0.25) is 0 Å². The first kappa shape index (κ1) is 20.3. The first-order valence-corrected chi connectivity index (χ1v) is 10.4. The van der Waals surface area contributed by atoms with Crippen LogP contribution in [0.5, 0.6) is 0 Å². The van der Waals surface area contributed by atoms with Gasteiger partial charge in [0.15, 0.2) is 0 Å². The van der Waals surface area contributed by atoms with Gasteiger partial charge in [-0.3, -0.25) is 9.79 Å². The number of aliphatic imine (C=N–C) groups is 1. The highest BCUT2D eigenvalue weighted by atomic mass is 16.5. The number of carbonyl (C=O) groups is 2. The third-order valence-corrected chi connectivity index (χ3v) is 5.96. The second kappa shape index (κ2) is 8.02. The van der Waals surface area contributed by atoms with Crippen LogP contribution in [0.25, 0.3) is 0 Å². The van der Waals surface area contributed by atoms with E-state index in [1.807, 2.05) is 67.6 Å². The highest BCUT2D eigenvalue weighted by molar-refractivity contribution is 6.12. The average Bonchev–Trinajstić information content (AvgIpc) is 2.71. The van der Waals surface area contributed by atoms with E-state index in [0.717, 1.165) is 23.3 Å². The van der Waals surface area contributed by atoms with Gasteiger partial charge < -0.3 is 4.74 Å². The van der Waals surface area contributed by atoms with Gasteiger partial charge in [0.2, 0.25) is 0 Å². The van der Waals surface area contributed by atoms with Crippen molar-refractivity contribution in [1.82, 2.24) is 0 Å². The Morgan fingerprint density at radius 1 is 1.00 bits per heavy atom. The third kappa shape index (κ3) is 4.00. The Balaban J connectivity index is 1.72. The number of benzene rings is 2. The number of allylic oxidation sites excluding steroid dienone is 1. The van der Waals surface area contributed by atoms with E-state index in [0.29, 0.717) is 17.7 Å². The van der Waals surface area contributed by atoms with Gasteiger partial charge in [0.1, 0.15) is 12.4 Å². The van der Waals surface area contributed by atoms with Crippen molar-refractivity contribution in [3.63, 3.8) is 0 Å². The lowest BCUT2D eigenvalue weighted by atomic mass is 9.63. The fourth-order valence-electron chi connectivity index (χ4n) is 4.68. The van der Waals surface area contributed by atoms with Crippen LogP contribution in [0, 0.1) is 11.3 Å². The Morgan fingerprint density at radius 3 is 2.30 bits per heavy atom. The van der Waals surface area contributed by atoms with Crippen molar-refractivity contribution in [3.8, 4) is 0 Å². The molecule has 1 heterocycles. The van der Waals surface area contributed by atoms with Crippen molar-refractivity contribution in [3.05, 3.63) is 83.1 Å². The number of fused-ring (bicyclic) bond motifs is 1. The summed E-state index contributed by atoms with van der Waals surface area (Å²) in [7, 11) is 0. The molecule has 0 saturated heterocycles. The number of Topliss-reactive ketones (excluding diaryl/α,β-unsaturated/α-hetero) is 1. The number of ketones is 1. The van der Waals surface area contributed by atoms with E-state index >= 15 is 0 Å². The van der Waals surface area contributed by atoms with Gasteiger partial charge >= 0.3 is 5.97 Å². The zero-order valence-corrected chi connectivity index (χ0v) is 17.7. The normalized spacial score (nSPS) is 22.9. The molecule has 2 atom stereocenters. The Kier molecular flexibility index (Phi) is 5.42. The van der Waals surface area contributed by atoms with Gasteiger partial charge in [0.25, 0.3) is 0 Å². The summed E-state index contributed by atoms with van der Waals surface area (Å²) >= 11 is 0. The van der Waals surface area contributed by atoms with Gasteiger partial charge in [-0.25, -0.2) is 4.79 Å². The van der Waals surface area contributed by atoms with Gasteiger partial charge in [-0.15, -0.1) is 0 Å². The molecule has 30 heavy (non-hydrogen) atoms.